The fourth-order valence-corrected chi connectivity index (χ4v) is 2.93. The molecule has 0 heterocycles. The first-order valence-corrected chi connectivity index (χ1v) is 6.89. The maximum Gasteiger partial charge on any atom is 0.0100 e. The van der Waals surface area contributed by atoms with E-state index < -0.39 is 0 Å². The summed E-state index contributed by atoms with van der Waals surface area (Å²) in [6.07, 6.45) is 4.25. The van der Waals surface area contributed by atoms with Gasteiger partial charge in [-0.05, 0) is 38.1 Å². The Morgan fingerprint density at radius 2 is 1.86 bits per heavy atom. The van der Waals surface area contributed by atoms with Gasteiger partial charge in [0, 0.05) is 17.9 Å². The number of alkyl halides is 1. The summed E-state index contributed by atoms with van der Waals surface area (Å²) < 4.78 is 0. The van der Waals surface area contributed by atoms with Gasteiger partial charge < -0.3 is 4.90 Å². The molecule has 84 valence electrons. The van der Waals surface area contributed by atoms with E-state index in [2.05, 4.69) is 48.6 Å². The molecule has 14 heavy (non-hydrogen) atoms. The third kappa shape index (κ3) is 2.73. The minimum absolute atomic E-state index is 0.595. The maximum atomic E-state index is 3.67. The minimum Gasteiger partial charge on any atom is -0.303 e. The van der Waals surface area contributed by atoms with Crippen LogP contribution in [0.25, 0.3) is 0 Å². The molecule has 0 bridgehead atoms. The van der Waals surface area contributed by atoms with Crippen LogP contribution in [0, 0.1) is 11.3 Å². The lowest BCUT2D eigenvalue weighted by atomic mass is 9.70. The Morgan fingerprint density at radius 1 is 1.29 bits per heavy atom. The lowest BCUT2D eigenvalue weighted by molar-refractivity contribution is 0.0741. The summed E-state index contributed by atoms with van der Waals surface area (Å²) in [7, 11) is 2.27. The van der Waals surface area contributed by atoms with Gasteiger partial charge in [-0.3, -0.25) is 0 Å². The van der Waals surface area contributed by atoms with Crippen molar-refractivity contribution in [2.75, 3.05) is 18.9 Å². The smallest absolute Gasteiger partial charge is 0.0100 e. The molecule has 0 amide bonds. The molecule has 0 aliphatic heterocycles. The van der Waals surface area contributed by atoms with Crippen LogP contribution in [0.3, 0.4) is 0 Å². The molecule has 1 nitrogen and oxygen atoms in total. The predicted octanol–water partition coefficient (Wildman–Crippen LogP) is 3.53. The summed E-state index contributed by atoms with van der Waals surface area (Å²) in [6, 6.07) is 0.700. The standard InChI is InChI=1S/C12H24BrN/c1-10(2)11(3)14(4)9-12(8-13)6-5-7-12/h10-11H,5-9H2,1-4H3. The molecule has 0 spiro atoms. The second-order valence-corrected chi connectivity index (χ2v) is 5.95. The van der Waals surface area contributed by atoms with E-state index in [0.29, 0.717) is 11.5 Å². The maximum absolute atomic E-state index is 3.67. The zero-order valence-electron chi connectivity index (χ0n) is 10.0. The van der Waals surface area contributed by atoms with Crippen molar-refractivity contribution in [1.82, 2.24) is 4.90 Å². The van der Waals surface area contributed by atoms with Crippen molar-refractivity contribution >= 4 is 15.9 Å². The van der Waals surface area contributed by atoms with Gasteiger partial charge in [0.2, 0.25) is 0 Å². The van der Waals surface area contributed by atoms with Gasteiger partial charge in [-0.1, -0.05) is 36.2 Å². The molecule has 1 aliphatic carbocycles. The van der Waals surface area contributed by atoms with Crippen molar-refractivity contribution < 1.29 is 0 Å². The Labute approximate surface area is 97.4 Å². The first-order valence-electron chi connectivity index (χ1n) is 5.77. The molecule has 1 unspecified atom stereocenters. The second kappa shape index (κ2) is 4.98. The van der Waals surface area contributed by atoms with Gasteiger partial charge in [-0.25, -0.2) is 0 Å². The highest BCUT2D eigenvalue weighted by Crippen LogP contribution is 2.43. The van der Waals surface area contributed by atoms with Gasteiger partial charge >= 0.3 is 0 Å². The summed E-state index contributed by atoms with van der Waals surface area (Å²) >= 11 is 3.67. The summed E-state index contributed by atoms with van der Waals surface area (Å²) in [5, 5.41) is 1.18. The van der Waals surface area contributed by atoms with Crippen LogP contribution in [0.1, 0.15) is 40.0 Å². The van der Waals surface area contributed by atoms with E-state index in [1.165, 1.54) is 31.1 Å². The van der Waals surface area contributed by atoms with Gasteiger partial charge in [0.25, 0.3) is 0 Å². The lowest BCUT2D eigenvalue weighted by Crippen LogP contribution is -2.46. The second-order valence-electron chi connectivity index (χ2n) is 5.39. The normalized spacial score (nSPS) is 22.5. The zero-order valence-corrected chi connectivity index (χ0v) is 11.6. The Bertz CT molecular complexity index is 170. The van der Waals surface area contributed by atoms with Crippen molar-refractivity contribution in [3.05, 3.63) is 0 Å². The zero-order chi connectivity index (χ0) is 10.8. The summed E-state index contributed by atoms with van der Waals surface area (Å²) in [5.74, 6) is 0.757. The Balaban J connectivity index is 2.42. The van der Waals surface area contributed by atoms with Crippen molar-refractivity contribution in [2.24, 2.45) is 11.3 Å². The predicted molar refractivity (Wildman–Crippen MR) is 67.0 cm³/mol. The largest absolute Gasteiger partial charge is 0.303 e. The van der Waals surface area contributed by atoms with Crippen LogP contribution in [0.15, 0.2) is 0 Å². The van der Waals surface area contributed by atoms with Crippen LogP contribution < -0.4 is 0 Å². The van der Waals surface area contributed by atoms with Crippen molar-refractivity contribution in [3.63, 3.8) is 0 Å². The van der Waals surface area contributed by atoms with E-state index in [4.69, 9.17) is 0 Å². The number of rotatable bonds is 5. The molecule has 0 N–H and O–H groups in total. The van der Waals surface area contributed by atoms with Crippen molar-refractivity contribution in [2.45, 2.75) is 46.1 Å². The third-order valence-corrected chi connectivity index (χ3v) is 5.13. The highest BCUT2D eigenvalue weighted by Gasteiger charge is 2.37. The van der Waals surface area contributed by atoms with E-state index >= 15 is 0 Å². The first-order chi connectivity index (χ1) is 6.51. The SMILES string of the molecule is CC(C)C(C)N(C)CC1(CBr)CCC1. The molecule has 1 atom stereocenters. The highest BCUT2D eigenvalue weighted by molar-refractivity contribution is 9.09. The topological polar surface area (TPSA) is 3.24 Å². The fraction of sp³-hybridized carbons (Fsp3) is 1.00. The molecule has 0 radical (unpaired) electrons. The van der Waals surface area contributed by atoms with Gasteiger partial charge in [0.05, 0.1) is 0 Å². The minimum atomic E-state index is 0.595. The molecular formula is C12H24BrN. The van der Waals surface area contributed by atoms with Crippen molar-refractivity contribution in [3.8, 4) is 0 Å². The quantitative estimate of drug-likeness (QED) is 0.685. The van der Waals surface area contributed by atoms with Gasteiger partial charge in [-0.15, -0.1) is 0 Å². The summed E-state index contributed by atoms with van der Waals surface area (Å²) in [6.45, 7) is 8.22. The average Bonchev–Trinajstić information content (AvgIpc) is 2.09. The van der Waals surface area contributed by atoms with Crippen molar-refractivity contribution in [1.29, 1.82) is 0 Å². The molecule has 1 fully saturated rings. The van der Waals surface area contributed by atoms with Crippen LogP contribution in [0.2, 0.25) is 0 Å². The monoisotopic (exact) mass is 261 g/mol. The van der Waals surface area contributed by atoms with Gasteiger partial charge in [0.1, 0.15) is 0 Å². The highest BCUT2D eigenvalue weighted by atomic mass is 79.9. The molecule has 0 aromatic heterocycles. The number of hydrogen-bond donors (Lipinski definition) is 0. The number of hydrogen-bond acceptors (Lipinski definition) is 1. The lowest BCUT2D eigenvalue weighted by Gasteiger charge is -2.45. The fourth-order valence-electron chi connectivity index (χ4n) is 2.19. The molecule has 2 heteroatoms. The molecule has 1 rings (SSSR count). The molecule has 0 aromatic rings. The van der Waals surface area contributed by atoms with Crippen LogP contribution in [0.4, 0.5) is 0 Å². The number of nitrogens with zero attached hydrogens (tertiary/aromatic N) is 1. The van der Waals surface area contributed by atoms with E-state index in [0.717, 1.165) is 5.92 Å². The molecular weight excluding hydrogens is 238 g/mol. The van der Waals surface area contributed by atoms with Crippen LogP contribution in [0.5, 0.6) is 0 Å². The Kier molecular flexibility index (Phi) is 4.45. The van der Waals surface area contributed by atoms with E-state index in [1.54, 1.807) is 0 Å². The van der Waals surface area contributed by atoms with E-state index in [-0.39, 0.29) is 0 Å². The van der Waals surface area contributed by atoms with Crippen LogP contribution in [-0.2, 0) is 0 Å². The van der Waals surface area contributed by atoms with Crippen LogP contribution in [-0.4, -0.2) is 29.9 Å². The van der Waals surface area contributed by atoms with E-state index in [1.807, 2.05) is 0 Å². The first kappa shape index (κ1) is 12.5. The molecule has 1 aliphatic rings. The average molecular weight is 262 g/mol. The number of halogens is 1. The summed E-state index contributed by atoms with van der Waals surface area (Å²) in [4.78, 5) is 2.53. The van der Waals surface area contributed by atoms with Crippen LogP contribution >= 0.6 is 15.9 Å². The molecule has 1 saturated carbocycles. The molecule has 0 aromatic carbocycles. The third-order valence-electron chi connectivity index (χ3n) is 3.94. The Hall–Kier alpha value is 0.440. The molecule has 0 saturated heterocycles. The van der Waals surface area contributed by atoms with E-state index in [9.17, 15) is 0 Å². The Morgan fingerprint density at radius 3 is 2.14 bits per heavy atom. The van der Waals surface area contributed by atoms with Gasteiger partial charge in [0.15, 0.2) is 0 Å². The summed E-state index contributed by atoms with van der Waals surface area (Å²) in [5.41, 5.74) is 0.595. The van der Waals surface area contributed by atoms with Gasteiger partial charge in [-0.2, -0.15) is 0 Å².